The summed E-state index contributed by atoms with van der Waals surface area (Å²) >= 11 is 0. The van der Waals surface area contributed by atoms with Gasteiger partial charge in [0.1, 0.15) is 0 Å². The topological polar surface area (TPSA) is 9.86 Å². The van der Waals surface area contributed by atoms with E-state index in [1.807, 2.05) is 0 Å². The van der Waals surface area contributed by atoms with Crippen molar-refractivity contribution in [2.24, 2.45) is 0 Å². The number of hydrogen-bond acceptors (Lipinski definition) is 0. The minimum atomic E-state index is -2.67. The predicted molar refractivity (Wildman–Crippen MR) is 270 cm³/mol. The molecule has 1 aliphatic carbocycles. The lowest BCUT2D eigenvalue weighted by Gasteiger charge is -2.34. The van der Waals surface area contributed by atoms with E-state index in [-0.39, 0.29) is 0 Å². The van der Waals surface area contributed by atoms with E-state index in [1.165, 1.54) is 119 Å². The quantitative estimate of drug-likeness (QED) is 0.107. The molecule has 1 aliphatic rings. The van der Waals surface area contributed by atoms with Crippen molar-refractivity contribution in [2.75, 3.05) is 0 Å². The van der Waals surface area contributed by atoms with Crippen LogP contribution in [-0.2, 0) is 0 Å². The van der Waals surface area contributed by atoms with Gasteiger partial charge in [-0.05, 0) is 98.7 Å². The minimum Gasteiger partial charge on any atom is -0.307 e. The maximum atomic E-state index is 2.52. The van der Waals surface area contributed by atoms with Crippen LogP contribution in [0.5, 0.6) is 0 Å². The molecule has 1 fully saturated rings. The highest BCUT2D eigenvalue weighted by Crippen LogP contribution is 2.41. The van der Waals surface area contributed by atoms with Gasteiger partial charge in [0.15, 0.2) is 8.07 Å². The Morgan fingerprint density at radius 1 is 0.349 bits per heavy atom. The Hall–Kier alpha value is -7.20. The van der Waals surface area contributed by atoms with Crippen molar-refractivity contribution in [1.82, 2.24) is 9.13 Å². The van der Waals surface area contributed by atoms with Crippen molar-refractivity contribution in [3.05, 3.63) is 230 Å². The van der Waals surface area contributed by atoms with Crippen molar-refractivity contribution in [3.63, 3.8) is 0 Å². The molecule has 1 saturated carbocycles. The molecule has 0 atom stereocenters. The van der Waals surface area contributed by atoms with E-state index in [4.69, 9.17) is 0 Å². The molecule has 11 aromatic rings. The van der Waals surface area contributed by atoms with E-state index in [0.29, 0.717) is 5.92 Å². The van der Waals surface area contributed by atoms with E-state index in [2.05, 4.69) is 234 Å². The van der Waals surface area contributed by atoms with Crippen molar-refractivity contribution >= 4 is 72.4 Å². The van der Waals surface area contributed by atoms with Crippen LogP contribution in [0.15, 0.2) is 224 Å². The summed E-state index contributed by atoms with van der Waals surface area (Å²) in [5, 5.41) is 10.7. The molecule has 0 spiro atoms. The third kappa shape index (κ3) is 6.13. The molecule has 2 nitrogen and oxygen atoms in total. The monoisotopic (exact) mass is 824 g/mol. The van der Waals surface area contributed by atoms with Gasteiger partial charge in [-0.1, -0.05) is 201 Å². The van der Waals surface area contributed by atoms with Gasteiger partial charge in [-0.15, -0.1) is 0 Å². The van der Waals surface area contributed by atoms with Crippen LogP contribution in [0, 0.1) is 0 Å². The van der Waals surface area contributed by atoms with Crippen molar-refractivity contribution in [1.29, 1.82) is 0 Å². The largest absolute Gasteiger partial charge is 0.307 e. The van der Waals surface area contributed by atoms with Gasteiger partial charge in [-0.3, -0.25) is 0 Å². The van der Waals surface area contributed by atoms with E-state index in [9.17, 15) is 0 Å². The number of rotatable bonds is 8. The lowest BCUT2D eigenvalue weighted by Crippen LogP contribution is -2.74. The molecule has 2 heterocycles. The SMILES string of the molecule is c1ccc([Si](c2ccccc2)(c2ccccc2)c2cccc(-c3ccc(-n4c5ccccc5c5cccc(-n6c7ccccc7c7cc(C8CCCCC8)ccc76)c54)cc3)c2)cc1. The number of aromatic nitrogens is 2. The lowest BCUT2D eigenvalue weighted by atomic mass is 9.84. The van der Waals surface area contributed by atoms with Crippen molar-refractivity contribution in [3.8, 4) is 22.5 Å². The second-order valence-corrected chi connectivity index (χ2v) is 21.3. The highest BCUT2D eigenvalue weighted by atomic mass is 28.3. The van der Waals surface area contributed by atoms with Gasteiger partial charge in [0.05, 0.1) is 27.8 Å². The zero-order chi connectivity index (χ0) is 41.7. The Bertz CT molecular complexity index is 3320. The summed E-state index contributed by atoms with van der Waals surface area (Å²) in [5.41, 5.74) is 11.2. The van der Waals surface area contributed by atoms with Gasteiger partial charge in [0, 0.05) is 27.2 Å². The predicted octanol–water partition coefficient (Wildman–Crippen LogP) is 13.0. The maximum absolute atomic E-state index is 2.67. The highest BCUT2D eigenvalue weighted by Gasteiger charge is 2.41. The molecular formula is C60H48N2Si. The van der Waals surface area contributed by atoms with Gasteiger partial charge in [0.25, 0.3) is 0 Å². The summed E-state index contributed by atoms with van der Waals surface area (Å²) in [7, 11) is -2.67. The zero-order valence-corrected chi connectivity index (χ0v) is 36.4. The molecule has 9 aromatic carbocycles. The summed E-state index contributed by atoms with van der Waals surface area (Å²) in [4.78, 5) is 0. The number of benzene rings is 9. The number of nitrogens with zero attached hydrogens (tertiary/aromatic N) is 2. The fraction of sp³-hybridized carbons (Fsp3) is 0.100. The summed E-state index contributed by atoms with van der Waals surface area (Å²) < 4.78 is 5.02. The first kappa shape index (κ1) is 37.5. The third-order valence-corrected chi connectivity index (χ3v) is 18.8. The molecule has 0 radical (unpaired) electrons. The first-order valence-electron chi connectivity index (χ1n) is 22.7. The van der Waals surface area contributed by atoms with Crippen LogP contribution in [0.25, 0.3) is 66.1 Å². The number of para-hydroxylation sites is 3. The number of hydrogen-bond donors (Lipinski definition) is 0. The van der Waals surface area contributed by atoms with E-state index in [0.717, 1.165) is 5.69 Å². The molecule has 3 heteroatoms. The molecular weight excluding hydrogens is 777 g/mol. The Kier molecular flexibility index (Phi) is 9.30. The van der Waals surface area contributed by atoms with Crippen molar-refractivity contribution in [2.45, 2.75) is 38.0 Å². The minimum absolute atomic E-state index is 0.655. The average Bonchev–Trinajstić information content (AvgIpc) is 3.89. The molecule has 0 amide bonds. The Balaban J connectivity index is 1.02. The molecule has 0 bridgehead atoms. The fourth-order valence-electron chi connectivity index (χ4n) is 11.2. The van der Waals surface area contributed by atoms with E-state index >= 15 is 0 Å². The van der Waals surface area contributed by atoms with Crippen LogP contribution in [-0.4, -0.2) is 17.2 Å². The summed E-state index contributed by atoms with van der Waals surface area (Å²) in [6, 6.07) is 84.3. The van der Waals surface area contributed by atoms with Crippen LogP contribution in [0.3, 0.4) is 0 Å². The smallest absolute Gasteiger partial charge is 0.179 e. The first-order chi connectivity index (χ1) is 31.3. The van der Waals surface area contributed by atoms with Gasteiger partial charge < -0.3 is 9.13 Å². The second kappa shape index (κ2) is 15.6. The zero-order valence-electron chi connectivity index (χ0n) is 35.4. The standard InChI is InChI=1S/C60H48N2Si/c1-5-19-43(20-6-1)46-37-40-58-55(42-46)53-30-14-16-33-57(53)62(58)59-34-18-31-54-52-29-13-15-32-56(52)61(60(54)59)47-38-35-44(36-39-47)45-21-17-28-51(41-45)63(48-22-7-2-8-23-48,49-24-9-3-10-25-49)50-26-11-4-12-27-50/h2-4,7-18,21-43H,1,5-6,19-20H2. The Labute approximate surface area is 370 Å². The Morgan fingerprint density at radius 2 is 0.873 bits per heavy atom. The van der Waals surface area contributed by atoms with Gasteiger partial charge in [-0.25, -0.2) is 0 Å². The van der Waals surface area contributed by atoms with Gasteiger partial charge >= 0.3 is 0 Å². The van der Waals surface area contributed by atoms with Crippen LogP contribution < -0.4 is 20.7 Å². The molecule has 2 aromatic heterocycles. The summed E-state index contributed by atoms with van der Waals surface area (Å²) in [6.07, 6.45) is 6.63. The van der Waals surface area contributed by atoms with Crippen LogP contribution in [0.4, 0.5) is 0 Å². The molecule has 0 unspecified atom stereocenters. The molecule has 0 N–H and O–H groups in total. The van der Waals surface area contributed by atoms with Crippen LogP contribution >= 0.6 is 0 Å². The maximum Gasteiger partial charge on any atom is 0.179 e. The van der Waals surface area contributed by atoms with E-state index in [1.54, 1.807) is 0 Å². The van der Waals surface area contributed by atoms with Gasteiger partial charge in [0.2, 0.25) is 0 Å². The fourth-order valence-corrected chi connectivity index (χ4v) is 16.0. The lowest BCUT2D eigenvalue weighted by molar-refractivity contribution is 0.444. The van der Waals surface area contributed by atoms with E-state index < -0.39 is 8.07 Å². The number of fused-ring (bicyclic) bond motifs is 6. The Morgan fingerprint density at radius 3 is 1.52 bits per heavy atom. The molecule has 63 heavy (non-hydrogen) atoms. The average molecular weight is 825 g/mol. The third-order valence-electron chi connectivity index (χ3n) is 14.1. The second-order valence-electron chi connectivity index (χ2n) is 17.5. The highest BCUT2D eigenvalue weighted by molar-refractivity contribution is 7.19. The van der Waals surface area contributed by atoms with Crippen LogP contribution in [0.2, 0.25) is 0 Å². The van der Waals surface area contributed by atoms with Crippen molar-refractivity contribution < 1.29 is 0 Å². The molecule has 12 rings (SSSR count). The van der Waals surface area contributed by atoms with Gasteiger partial charge in [-0.2, -0.15) is 0 Å². The normalized spacial score (nSPS) is 13.7. The summed E-state index contributed by atoms with van der Waals surface area (Å²) in [6.45, 7) is 0. The first-order valence-corrected chi connectivity index (χ1v) is 24.7. The molecule has 0 aliphatic heterocycles. The molecule has 0 saturated heterocycles. The molecule has 302 valence electrons. The summed E-state index contributed by atoms with van der Waals surface area (Å²) in [5.74, 6) is 0.655. The van der Waals surface area contributed by atoms with Crippen LogP contribution in [0.1, 0.15) is 43.6 Å².